The number of aromatic amines is 1. The van der Waals surface area contributed by atoms with Crippen molar-refractivity contribution in [2.24, 2.45) is 0 Å². The topological polar surface area (TPSA) is 90.3 Å². The summed E-state index contributed by atoms with van der Waals surface area (Å²) < 4.78 is 1.71. The number of nitrogens with one attached hydrogen (secondary N) is 2. The van der Waals surface area contributed by atoms with Crippen LogP contribution in [0, 0.1) is 0 Å². The van der Waals surface area contributed by atoms with Gasteiger partial charge in [-0.2, -0.15) is 0 Å². The molecule has 3 atom stereocenters. The summed E-state index contributed by atoms with van der Waals surface area (Å²) in [7, 11) is 0. The first-order valence-corrected chi connectivity index (χ1v) is 9.16. The first-order valence-electron chi connectivity index (χ1n) is 9.16. The second kappa shape index (κ2) is 7.06. The molecule has 6 heteroatoms. The summed E-state index contributed by atoms with van der Waals surface area (Å²) in [6.45, 7) is 2.57. The summed E-state index contributed by atoms with van der Waals surface area (Å²) >= 11 is 0. The van der Waals surface area contributed by atoms with Gasteiger partial charge in [0, 0.05) is 24.2 Å². The number of aryl methyl sites for hydroxylation is 1. The summed E-state index contributed by atoms with van der Waals surface area (Å²) in [6.07, 6.45) is 3.89. The molecule has 0 spiro atoms. The van der Waals surface area contributed by atoms with Crippen LogP contribution in [-0.4, -0.2) is 31.8 Å². The number of aromatic hydroxyl groups is 1. The summed E-state index contributed by atoms with van der Waals surface area (Å²) in [5, 5.41) is 24.0. The molecule has 27 heavy (non-hydrogen) atoms. The van der Waals surface area contributed by atoms with Crippen LogP contribution in [-0.2, 0) is 6.54 Å². The summed E-state index contributed by atoms with van der Waals surface area (Å²) in [4.78, 5) is 15.1. The number of rotatable bonds is 4. The Balaban J connectivity index is 1.54. The highest BCUT2D eigenvalue weighted by Crippen LogP contribution is 2.29. The highest BCUT2D eigenvalue weighted by atomic mass is 16.3. The van der Waals surface area contributed by atoms with Crippen molar-refractivity contribution in [3.05, 3.63) is 70.2 Å². The molecule has 0 bridgehead atoms. The smallest absolute Gasteiger partial charge is 0.326 e. The predicted molar refractivity (Wildman–Crippen MR) is 106 cm³/mol. The van der Waals surface area contributed by atoms with Crippen molar-refractivity contribution in [3.63, 3.8) is 0 Å². The summed E-state index contributed by atoms with van der Waals surface area (Å²) in [6, 6.07) is 12.5. The fourth-order valence-corrected chi connectivity index (χ4v) is 3.79. The number of aromatic nitrogens is 2. The Morgan fingerprint density at radius 2 is 2.11 bits per heavy atom. The molecule has 4 N–H and O–H groups in total. The van der Waals surface area contributed by atoms with Gasteiger partial charge in [0.15, 0.2) is 0 Å². The largest absolute Gasteiger partial charge is 0.508 e. The lowest BCUT2D eigenvalue weighted by Gasteiger charge is -2.25. The Bertz CT molecular complexity index is 1050. The fraction of sp³-hybridized carbons (Fsp3) is 0.286. The van der Waals surface area contributed by atoms with Crippen LogP contribution < -0.4 is 11.0 Å². The second-order valence-corrected chi connectivity index (χ2v) is 7.07. The molecule has 1 aromatic heterocycles. The highest BCUT2D eigenvalue weighted by Gasteiger charge is 2.28. The molecule has 1 aliphatic heterocycles. The molecule has 0 fully saturated rings. The van der Waals surface area contributed by atoms with Crippen LogP contribution in [0.25, 0.3) is 17.1 Å². The minimum absolute atomic E-state index is 0.0157. The third-order valence-corrected chi connectivity index (χ3v) is 5.11. The standard InChI is InChI=1S/C21H23N3O3/c1-13(8-9-14-4-2-5-15(25)12-14)22-18-10-11-24-19-16(20(18)26)6-3-7-17(19)23-21(24)27/h2-9,12-13,18,20,22,25-26H,10-11H2,1H3,(H,23,27)/b9-8+. The number of hydrogen-bond donors (Lipinski definition) is 4. The van der Waals surface area contributed by atoms with Crippen molar-refractivity contribution in [2.45, 2.75) is 38.1 Å². The number of H-pyrrole nitrogens is 1. The quantitative estimate of drug-likeness (QED) is 0.572. The molecule has 2 aromatic carbocycles. The van der Waals surface area contributed by atoms with Crippen molar-refractivity contribution >= 4 is 17.1 Å². The first kappa shape index (κ1) is 17.6. The predicted octanol–water partition coefficient (Wildman–Crippen LogP) is 2.53. The van der Waals surface area contributed by atoms with Gasteiger partial charge in [-0.15, -0.1) is 0 Å². The van der Waals surface area contributed by atoms with Crippen LogP contribution in [0.3, 0.4) is 0 Å². The number of hydrogen-bond acceptors (Lipinski definition) is 4. The van der Waals surface area contributed by atoms with Crippen molar-refractivity contribution in [3.8, 4) is 5.75 Å². The maximum atomic E-state index is 12.2. The lowest BCUT2D eigenvalue weighted by Crippen LogP contribution is -2.40. The molecule has 140 valence electrons. The van der Waals surface area contributed by atoms with E-state index >= 15 is 0 Å². The molecule has 3 aromatic rings. The normalized spacial score (nSPS) is 20.8. The SMILES string of the molecule is CC(/C=C/c1cccc(O)c1)NC1CCn2c(=O)[nH]c3cccc(c32)C1O. The lowest BCUT2D eigenvalue weighted by atomic mass is 9.99. The zero-order chi connectivity index (χ0) is 19.0. The molecule has 6 nitrogen and oxygen atoms in total. The zero-order valence-electron chi connectivity index (χ0n) is 15.1. The molecule has 1 aliphatic rings. The number of imidazole rings is 1. The van der Waals surface area contributed by atoms with E-state index in [4.69, 9.17) is 0 Å². The van der Waals surface area contributed by atoms with Crippen LogP contribution in [0.5, 0.6) is 5.75 Å². The van der Waals surface area contributed by atoms with E-state index in [2.05, 4.69) is 10.3 Å². The molecule has 0 radical (unpaired) electrons. The van der Waals surface area contributed by atoms with Crippen LogP contribution in [0.1, 0.15) is 30.6 Å². The fourth-order valence-electron chi connectivity index (χ4n) is 3.79. The van der Waals surface area contributed by atoms with Gasteiger partial charge in [-0.1, -0.05) is 36.4 Å². The Morgan fingerprint density at radius 1 is 1.30 bits per heavy atom. The van der Waals surface area contributed by atoms with Crippen molar-refractivity contribution in [1.29, 1.82) is 0 Å². The second-order valence-electron chi connectivity index (χ2n) is 7.07. The van der Waals surface area contributed by atoms with Gasteiger partial charge >= 0.3 is 5.69 Å². The molecular weight excluding hydrogens is 342 g/mol. The first-order chi connectivity index (χ1) is 13.0. The van der Waals surface area contributed by atoms with E-state index in [0.717, 1.165) is 22.2 Å². The molecule has 2 heterocycles. The van der Waals surface area contributed by atoms with Crippen molar-refractivity contribution < 1.29 is 10.2 Å². The molecular formula is C21H23N3O3. The third kappa shape index (κ3) is 3.41. The molecule has 3 unspecified atom stereocenters. The maximum absolute atomic E-state index is 12.2. The average Bonchev–Trinajstić information content (AvgIpc) is 2.90. The monoisotopic (exact) mass is 365 g/mol. The van der Waals surface area contributed by atoms with Crippen LogP contribution in [0.2, 0.25) is 0 Å². The molecule has 0 amide bonds. The van der Waals surface area contributed by atoms with E-state index < -0.39 is 6.10 Å². The number of para-hydroxylation sites is 1. The van der Waals surface area contributed by atoms with E-state index in [-0.39, 0.29) is 23.5 Å². The molecule has 4 rings (SSSR count). The van der Waals surface area contributed by atoms with Gasteiger partial charge in [0.2, 0.25) is 0 Å². The van der Waals surface area contributed by atoms with Gasteiger partial charge in [-0.25, -0.2) is 4.79 Å². The summed E-state index contributed by atoms with van der Waals surface area (Å²) in [5.41, 5.74) is 3.10. The molecule has 0 saturated carbocycles. The number of aliphatic hydroxyl groups excluding tert-OH is 1. The van der Waals surface area contributed by atoms with Gasteiger partial charge in [0.1, 0.15) is 5.75 Å². The van der Waals surface area contributed by atoms with Crippen LogP contribution >= 0.6 is 0 Å². The van der Waals surface area contributed by atoms with Gasteiger partial charge in [-0.3, -0.25) is 4.57 Å². The van der Waals surface area contributed by atoms with Gasteiger partial charge in [0.05, 0.1) is 17.1 Å². The van der Waals surface area contributed by atoms with Gasteiger partial charge < -0.3 is 20.5 Å². The lowest BCUT2D eigenvalue weighted by molar-refractivity contribution is 0.122. The maximum Gasteiger partial charge on any atom is 0.326 e. The minimum Gasteiger partial charge on any atom is -0.508 e. The number of nitrogens with zero attached hydrogens (tertiary/aromatic N) is 1. The number of phenols is 1. The molecule has 0 saturated heterocycles. The van der Waals surface area contributed by atoms with Crippen molar-refractivity contribution in [1.82, 2.24) is 14.9 Å². The zero-order valence-corrected chi connectivity index (χ0v) is 15.1. The van der Waals surface area contributed by atoms with Crippen LogP contribution in [0.4, 0.5) is 0 Å². The van der Waals surface area contributed by atoms with E-state index in [1.165, 1.54) is 0 Å². The third-order valence-electron chi connectivity index (χ3n) is 5.11. The van der Waals surface area contributed by atoms with E-state index in [1.807, 2.05) is 43.3 Å². The Morgan fingerprint density at radius 3 is 2.93 bits per heavy atom. The summed E-state index contributed by atoms with van der Waals surface area (Å²) in [5.74, 6) is 0.234. The Hall–Kier alpha value is -2.83. The Labute approximate surface area is 156 Å². The Kier molecular flexibility index (Phi) is 4.59. The number of aliphatic hydroxyl groups is 1. The van der Waals surface area contributed by atoms with Gasteiger partial charge in [-0.05, 0) is 37.1 Å². The average molecular weight is 365 g/mol. The van der Waals surface area contributed by atoms with E-state index in [0.29, 0.717) is 13.0 Å². The van der Waals surface area contributed by atoms with Gasteiger partial charge in [0.25, 0.3) is 0 Å². The van der Waals surface area contributed by atoms with Crippen LogP contribution in [0.15, 0.2) is 53.3 Å². The highest BCUT2D eigenvalue weighted by molar-refractivity contribution is 5.79. The number of benzene rings is 2. The molecule has 0 aliphatic carbocycles. The van der Waals surface area contributed by atoms with E-state index in [9.17, 15) is 15.0 Å². The number of phenolic OH excluding ortho intramolecular Hbond substituents is 1. The minimum atomic E-state index is -0.700. The van der Waals surface area contributed by atoms with E-state index in [1.54, 1.807) is 22.8 Å². The van der Waals surface area contributed by atoms with Crippen molar-refractivity contribution in [2.75, 3.05) is 0 Å².